The zero-order valence-corrected chi connectivity index (χ0v) is 14.1. The fourth-order valence-corrected chi connectivity index (χ4v) is 4.13. The van der Waals surface area contributed by atoms with Crippen LogP contribution in [0.5, 0.6) is 0 Å². The number of rotatable bonds is 6. The molecule has 1 amide bonds. The molecule has 7 heteroatoms. The van der Waals surface area contributed by atoms with Gasteiger partial charge in [-0.15, -0.1) is 0 Å². The van der Waals surface area contributed by atoms with Crippen molar-refractivity contribution >= 4 is 21.6 Å². The minimum Gasteiger partial charge on any atom is -0.326 e. The third-order valence-electron chi connectivity index (χ3n) is 4.10. The Bertz CT molecular complexity index is 625. The number of nitrogens with zero attached hydrogens (tertiary/aromatic N) is 1. The Morgan fingerprint density at radius 1 is 1.22 bits per heavy atom. The van der Waals surface area contributed by atoms with E-state index in [0.29, 0.717) is 5.69 Å². The lowest BCUT2D eigenvalue weighted by molar-refractivity contribution is -0.116. The summed E-state index contributed by atoms with van der Waals surface area (Å²) in [5.41, 5.74) is 0.500. The molecule has 23 heavy (non-hydrogen) atoms. The largest absolute Gasteiger partial charge is 0.326 e. The maximum Gasteiger partial charge on any atom is 0.225 e. The molecule has 2 rings (SSSR count). The normalized spacial score (nSPS) is 16.5. The van der Waals surface area contributed by atoms with E-state index in [-0.39, 0.29) is 30.7 Å². The number of benzene rings is 1. The van der Waals surface area contributed by atoms with E-state index in [1.807, 2.05) is 0 Å². The first kappa shape index (κ1) is 17.9. The van der Waals surface area contributed by atoms with Crippen molar-refractivity contribution in [1.29, 1.82) is 0 Å². The molecule has 0 spiro atoms. The van der Waals surface area contributed by atoms with Crippen LogP contribution < -0.4 is 5.32 Å². The molecule has 1 aliphatic rings. The zero-order chi connectivity index (χ0) is 16.9. The van der Waals surface area contributed by atoms with Crippen LogP contribution in [-0.2, 0) is 14.8 Å². The molecule has 1 aliphatic carbocycles. The summed E-state index contributed by atoms with van der Waals surface area (Å²) in [5, 5.41) is 2.65. The van der Waals surface area contributed by atoms with Crippen molar-refractivity contribution in [3.8, 4) is 0 Å². The maximum atomic E-state index is 12.8. The molecule has 1 aromatic carbocycles. The van der Waals surface area contributed by atoms with Crippen molar-refractivity contribution in [2.45, 2.75) is 44.6 Å². The lowest BCUT2D eigenvalue weighted by Crippen LogP contribution is -2.42. The topological polar surface area (TPSA) is 66.5 Å². The van der Waals surface area contributed by atoms with Crippen molar-refractivity contribution in [2.75, 3.05) is 18.1 Å². The van der Waals surface area contributed by atoms with Gasteiger partial charge in [0.05, 0.1) is 6.26 Å². The summed E-state index contributed by atoms with van der Waals surface area (Å²) in [7, 11) is -3.33. The minimum atomic E-state index is -3.33. The highest BCUT2D eigenvalue weighted by atomic mass is 32.2. The molecule has 0 radical (unpaired) electrons. The predicted molar refractivity (Wildman–Crippen MR) is 88.1 cm³/mol. The molecule has 5 nitrogen and oxygen atoms in total. The van der Waals surface area contributed by atoms with Crippen LogP contribution >= 0.6 is 0 Å². The molecule has 1 aromatic rings. The third-order valence-corrected chi connectivity index (χ3v) is 5.43. The van der Waals surface area contributed by atoms with Crippen LogP contribution in [-0.4, -0.2) is 37.5 Å². The van der Waals surface area contributed by atoms with E-state index in [4.69, 9.17) is 0 Å². The van der Waals surface area contributed by atoms with Gasteiger partial charge >= 0.3 is 0 Å². The second kappa shape index (κ2) is 7.88. The van der Waals surface area contributed by atoms with Gasteiger partial charge in [0.15, 0.2) is 0 Å². The monoisotopic (exact) mass is 342 g/mol. The van der Waals surface area contributed by atoms with Gasteiger partial charge in [-0.3, -0.25) is 4.79 Å². The smallest absolute Gasteiger partial charge is 0.225 e. The van der Waals surface area contributed by atoms with Gasteiger partial charge in [0.25, 0.3) is 0 Å². The van der Waals surface area contributed by atoms with Crippen LogP contribution in [0, 0.1) is 5.82 Å². The van der Waals surface area contributed by atoms with Gasteiger partial charge in [-0.25, -0.2) is 12.8 Å². The predicted octanol–water partition coefficient (Wildman–Crippen LogP) is 2.75. The fraction of sp³-hybridized carbons (Fsp3) is 0.562. The summed E-state index contributed by atoms with van der Waals surface area (Å²) in [5.74, 6) is -0.649. The number of sulfonamides is 1. The van der Waals surface area contributed by atoms with Crippen LogP contribution in [0.4, 0.5) is 10.1 Å². The van der Waals surface area contributed by atoms with Gasteiger partial charge in [0, 0.05) is 24.7 Å². The van der Waals surface area contributed by atoms with Gasteiger partial charge in [-0.05, 0) is 37.1 Å². The summed E-state index contributed by atoms with van der Waals surface area (Å²) >= 11 is 0. The number of nitrogens with one attached hydrogen (secondary N) is 1. The molecule has 0 atom stereocenters. The number of carbonyl (C=O) groups is 1. The van der Waals surface area contributed by atoms with Gasteiger partial charge in [0.2, 0.25) is 15.9 Å². The molecule has 1 saturated carbocycles. The molecule has 0 aromatic heterocycles. The first-order chi connectivity index (χ1) is 10.9. The molecule has 0 aliphatic heterocycles. The quantitative estimate of drug-likeness (QED) is 0.864. The average Bonchev–Trinajstić information content (AvgIpc) is 2.49. The number of hydrogen-bond acceptors (Lipinski definition) is 3. The lowest BCUT2D eigenvalue weighted by Gasteiger charge is -2.32. The molecule has 0 bridgehead atoms. The molecule has 1 fully saturated rings. The van der Waals surface area contributed by atoms with Crippen LogP contribution in [0.25, 0.3) is 0 Å². The summed E-state index contributed by atoms with van der Waals surface area (Å²) in [6, 6.07) is 5.48. The number of amides is 1. The molecule has 0 saturated heterocycles. The van der Waals surface area contributed by atoms with Crippen molar-refractivity contribution in [1.82, 2.24) is 4.31 Å². The van der Waals surface area contributed by atoms with E-state index < -0.39 is 10.0 Å². The Labute approximate surface area is 136 Å². The van der Waals surface area contributed by atoms with E-state index >= 15 is 0 Å². The van der Waals surface area contributed by atoms with E-state index in [2.05, 4.69) is 5.32 Å². The van der Waals surface area contributed by atoms with E-state index in [0.717, 1.165) is 32.1 Å². The number of hydrogen-bond donors (Lipinski definition) is 1. The third kappa shape index (κ3) is 5.58. The highest BCUT2D eigenvalue weighted by Gasteiger charge is 2.28. The van der Waals surface area contributed by atoms with E-state index in [9.17, 15) is 17.6 Å². The highest BCUT2D eigenvalue weighted by Crippen LogP contribution is 2.24. The first-order valence-electron chi connectivity index (χ1n) is 7.88. The summed E-state index contributed by atoms with van der Waals surface area (Å²) in [4.78, 5) is 12.0. The molecular weight excluding hydrogens is 319 g/mol. The Hall–Kier alpha value is -1.47. The van der Waals surface area contributed by atoms with Gasteiger partial charge < -0.3 is 5.32 Å². The van der Waals surface area contributed by atoms with Gasteiger partial charge in [0.1, 0.15) is 5.82 Å². The zero-order valence-electron chi connectivity index (χ0n) is 13.3. The summed E-state index contributed by atoms with van der Waals surface area (Å²) in [6.07, 6.45) is 6.18. The minimum absolute atomic E-state index is 0.00243. The molecule has 1 N–H and O–H groups in total. The van der Waals surface area contributed by atoms with Crippen molar-refractivity contribution < 1.29 is 17.6 Å². The van der Waals surface area contributed by atoms with Crippen LogP contribution in [0.15, 0.2) is 24.3 Å². The van der Waals surface area contributed by atoms with Crippen LogP contribution in [0.1, 0.15) is 38.5 Å². The first-order valence-corrected chi connectivity index (χ1v) is 9.73. The van der Waals surface area contributed by atoms with Crippen molar-refractivity contribution in [3.63, 3.8) is 0 Å². The second-order valence-electron chi connectivity index (χ2n) is 5.97. The standard InChI is InChI=1S/C16H23FN2O3S/c1-23(21,22)19(15-5-3-2-4-6-15)12-11-16(20)18-14-9-7-13(17)8-10-14/h7-10,15H,2-6,11-12H2,1H3,(H,18,20). The molecule has 128 valence electrons. The fourth-order valence-electron chi connectivity index (χ4n) is 2.96. The lowest BCUT2D eigenvalue weighted by atomic mass is 9.95. The van der Waals surface area contributed by atoms with Crippen LogP contribution in [0.3, 0.4) is 0 Å². The number of halogens is 1. The van der Waals surface area contributed by atoms with Crippen LogP contribution in [0.2, 0.25) is 0 Å². The van der Waals surface area contributed by atoms with Gasteiger partial charge in [-0.2, -0.15) is 4.31 Å². The molecule has 0 heterocycles. The Balaban J connectivity index is 1.92. The summed E-state index contributed by atoms with van der Waals surface area (Å²) in [6.45, 7) is 0.177. The SMILES string of the molecule is CS(=O)(=O)N(CCC(=O)Nc1ccc(F)cc1)C1CCCCC1. The molecule has 0 unspecified atom stereocenters. The average molecular weight is 342 g/mol. The Morgan fingerprint density at radius 3 is 2.39 bits per heavy atom. The maximum absolute atomic E-state index is 12.8. The highest BCUT2D eigenvalue weighted by molar-refractivity contribution is 7.88. The van der Waals surface area contributed by atoms with Crippen molar-refractivity contribution in [2.24, 2.45) is 0 Å². The second-order valence-corrected chi connectivity index (χ2v) is 7.91. The summed E-state index contributed by atoms with van der Waals surface area (Å²) < 4.78 is 38.3. The molecular formula is C16H23FN2O3S. The Morgan fingerprint density at radius 2 is 1.83 bits per heavy atom. The number of carbonyl (C=O) groups excluding carboxylic acids is 1. The van der Waals surface area contributed by atoms with Crippen molar-refractivity contribution in [3.05, 3.63) is 30.1 Å². The van der Waals surface area contributed by atoms with Gasteiger partial charge in [-0.1, -0.05) is 19.3 Å². The number of anilines is 1. The Kier molecular flexibility index (Phi) is 6.12. The van der Waals surface area contributed by atoms with E-state index in [1.54, 1.807) is 0 Å². The van der Waals surface area contributed by atoms with E-state index in [1.165, 1.54) is 34.8 Å².